The Morgan fingerprint density at radius 3 is 2.53 bits per heavy atom. The third kappa shape index (κ3) is 3.37. The van der Waals surface area contributed by atoms with Gasteiger partial charge in [0.25, 0.3) is 0 Å². The minimum absolute atomic E-state index is 0.263. The van der Waals surface area contributed by atoms with Gasteiger partial charge >= 0.3 is 5.97 Å². The molecule has 0 atom stereocenters. The van der Waals surface area contributed by atoms with Crippen molar-refractivity contribution in [2.75, 3.05) is 12.4 Å². The van der Waals surface area contributed by atoms with E-state index in [9.17, 15) is 4.79 Å². The van der Waals surface area contributed by atoms with E-state index in [1.807, 2.05) is 0 Å². The van der Waals surface area contributed by atoms with Gasteiger partial charge in [-0.2, -0.15) is 0 Å². The fourth-order valence-electron chi connectivity index (χ4n) is 1.67. The molecule has 1 aromatic rings. The molecule has 2 N–H and O–H groups in total. The molecule has 0 aliphatic heterocycles. The van der Waals surface area contributed by atoms with E-state index in [-0.39, 0.29) is 5.56 Å². The molecule has 0 aliphatic rings. The fourth-order valence-corrected chi connectivity index (χ4v) is 1.67. The molecule has 4 nitrogen and oxygen atoms in total. The second-order valence-corrected chi connectivity index (χ2v) is 3.88. The van der Waals surface area contributed by atoms with Gasteiger partial charge in [-0.25, -0.2) is 4.79 Å². The van der Waals surface area contributed by atoms with Crippen molar-refractivity contribution in [1.29, 1.82) is 0 Å². The number of nitrogens with one attached hydrogen (secondary N) is 1. The molecular formula is C13H19NO3. The van der Waals surface area contributed by atoms with Gasteiger partial charge in [0.1, 0.15) is 5.75 Å². The molecule has 0 aromatic heterocycles. The third-order valence-corrected chi connectivity index (χ3v) is 2.79. The first kappa shape index (κ1) is 13.4. The maximum absolute atomic E-state index is 10.9. The predicted octanol–water partition coefficient (Wildman–Crippen LogP) is 2.99. The Balaban J connectivity index is 3.01. The van der Waals surface area contributed by atoms with Crippen LogP contribution in [0.1, 0.15) is 37.0 Å². The van der Waals surface area contributed by atoms with Crippen molar-refractivity contribution in [3.63, 3.8) is 0 Å². The minimum Gasteiger partial charge on any atom is -0.495 e. The van der Waals surface area contributed by atoms with E-state index in [0.29, 0.717) is 11.8 Å². The molecule has 94 valence electrons. The molecule has 0 bridgehead atoms. The van der Waals surface area contributed by atoms with Gasteiger partial charge < -0.3 is 15.2 Å². The van der Waals surface area contributed by atoms with Crippen molar-refractivity contribution in [3.05, 3.63) is 23.8 Å². The summed E-state index contributed by atoms with van der Waals surface area (Å²) in [5.74, 6) is -0.262. The zero-order valence-corrected chi connectivity index (χ0v) is 10.5. The molecule has 0 radical (unpaired) electrons. The van der Waals surface area contributed by atoms with Gasteiger partial charge in [-0.05, 0) is 31.0 Å². The average Bonchev–Trinajstić information content (AvgIpc) is 2.35. The molecule has 1 rings (SSSR count). The molecule has 0 heterocycles. The van der Waals surface area contributed by atoms with Crippen molar-refractivity contribution in [2.24, 2.45) is 0 Å². The van der Waals surface area contributed by atoms with E-state index in [0.717, 1.165) is 18.5 Å². The van der Waals surface area contributed by atoms with Crippen molar-refractivity contribution in [2.45, 2.75) is 32.7 Å². The smallest absolute Gasteiger partial charge is 0.335 e. The summed E-state index contributed by atoms with van der Waals surface area (Å²) in [6, 6.07) is 5.15. The first-order valence-electron chi connectivity index (χ1n) is 5.80. The lowest BCUT2D eigenvalue weighted by molar-refractivity contribution is 0.0697. The van der Waals surface area contributed by atoms with E-state index >= 15 is 0 Å². The largest absolute Gasteiger partial charge is 0.495 e. The zero-order valence-electron chi connectivity index (χ0n) is 10.5. The highest BCUT2D eigenvalue weighted by molar-refractivity contribution is 5.89. The number of carboxylic acids is 1. The van der Waals surface area contributed by atoms with Crippen LogP contribution in [0.2, 0.25) is 0 Å². The standard InChI is InChI=1S/C13H19NO3/c1-4-10(5-2)14-11-8-9(13(15)16)6-7-12(11)17-3/h6-8,10,14H,4-5H2,1-3H3,(H,15,16). The van der Waals surface area contributed by atoms with Gasteiger partial charge in [-0.3, -0.25) is 0 Å². The Morgan fingerprint density at radius 1 is 1.41 bits per heavy atom. The summed E-state index contributed by atoms with van der Waals surface area (Å²) in [7, 11) is 1.58. The number of anilines is 1. The lowest BCUT2D eigenvalue weighted by Crippen LogP contribution is -2.17. The quantitative estimate of drug-likeness (QED) is 0.798. The summed E-state index contributed by atoms with van der Waals surface area (Å²) in [5, 5.41) is 12.3. The van der Waals surface area contributed by atoms with Crippen LogP contribution in [0.15, 0.2) is 18.2 Å². The Kier molecular flexibility index (Phi) is 4.82. The first-order chi connectivity index (χ1) is 8.12. The molecule has 0 aliphatic carbocycles. The number of carboxylic acid groups (broad SMARTS) is 1. The number of hydrogen-bond donors (Lipinski definition) is 2. The highest BCUT2D eigenvalue weighted by Crippen LogP contribution is 2.27. The Labute approximate surface area is 102 Å². The number of benzene rings is 1. The lowest BCUT2D eigenvalue weighted by atomic mass is 10.1. The summed E-state index contributed by atoms with van der Waals surface area (Å²) in [6.45, 7) is 4.18. The normalized spacial score (nSPS) is 10.4. The van der Waals surface area contributed by atoms with Crippen molar-refractivity contribution in [3.8, 4) is 5.75 Å². The summed E-state index contributed by atoms with van der Waals surface area (Å²) in [6.07, 6.45) is 1.97. The molecule has 0 unspecified atom stereocenters. The Morgan fingerprint density at radius 2 is 2.06 bits per heavy atom. The van der Waals surface area contributed by atoms with Crippen LogP contribution in [0.5, 0.6) is 5.75 Å². The van der Waals surface area contributed by atoms with Crippen molar-refractivity contribution >= 4 is 11.7 Å². The van der Waals surface area contributed by atoms with Crippen LogP contribution in [-0.4, -0.2) is 24.2 Å². The van der Waals surface area contributed by atoms with Crippen LogP contribution >= 0.6 is 0 Å². The molecule has 0 saturated carbocycles. The molecular weight excluding hydrogens is 218 g/mol. The van der Waals surface area contributed by atoms with Gasteiger partial charge in [0.15, 0.2) is 0 Å². The highest BCUT2D eigenvalue weighted by atomic mass is 16.5. The molecule has 4 heteroatoms. The van der Waals surface area contributed by atoms with Crippen LogP contribution in [-0.2, 0) is 0 Å². The average molecular weight is 237 g/mol. The summed E-state index contributed by atoms with van der Waals surface area (Å²) in [5.41, 5.74) is 1.00. The zero-order chi connectivity index (χ0) is 12.8. The van der Waals surface area contributed by atoms with Crippen LogP contribution in [0.25, 0.3) is 0 Å². The van der Waals surface area contributed by atoms with Gasteiger partial charge in [0.05, 0.1) is 18.4 Å². The van der Waals surface area contributed by atoms with Crippen LogP contribution < -0.4 is 10.1 Å². The summed E-state index contributed by atoms with van der Waals surface area (Å²) in [4.78, 5) is 10.9. The lowest BCUT2D eigenvalue weighted by Gasteiger charge is -2.18. The molecule has 0 amide bonds. The number of rotatable bonds is 6. The van der Waals surface area contributed by atoms with Crippen molar-refractivity contribution < 1.29 is 14.6 Å². The summed E-state index contributed by atoms with van der Waals surface area (Å²) >= 11 is 0. The predicted molar refractivity (Wildman–Crippen MR) is 67.9 cm³/mol. The van der Waals surface area contributed by atoms with Crippen LogP contribution in [0.3, 0.4) is 0 Å². The topological polar surface area (TPSA) is 58.6 Å². The first-order valence-corrected chi connectivity index (χ1v) is 5.80. The second-order valence-electron chi connectivity index (χ2n) is 3.88. The SMILES string of the molecule is CCC(CC)Nc1cc(C(=O)O)ccc1OC. The number of hydrogen-bond acceptors (Lipinski definition) is 3. The van der Waals surface area contributed by atoms with Gasteiger partial charge in [-0.15, -0.1) is 0 Å². The van der Waals surface area contributed by atoms with Gasteiger partial charge in [-0.1, -0.05) is 13.8 Å². The van der Waals surface area contributed by atoms with Gasteiger partial charge in [0, 0.05) is 6.04 Å². The fraction of sp³-hybridized carbons (Fsp3) is 0.462. The maximum Gasteiger partial charge on any atom is 0.335 e. The van der Waals surface area contributed by atoms with Crippen LogP contribution in [0, 0.1) is 0 Å². The summed E-state index contributed by atoms with van der Waals surface area (Å²) < 4.78 is 5.21. The molecule has 0 saturated heterocycles. The Hall–Kier alpha value is -1.71. The van der Waals surface area contributed by atoms with Gasteiger partial charge in [0.2, 0.25) is 0 Å². The van der Waals surface area contributed by atoms with E-state index in [1.165, 1.54) is 0 Å². The number of aromatic carboxylic acids is 1. The number of methoxy groups -OCH3 is 1. The van der Waals surface area contributed by atoms with E-state index in [4.69, 9.17) is 9.84 Å². The van der Waals surface area contributed by atoms with Crippen molar-refractivity contribution in [1.82, 2.24) is 0 Å². The molecule has 0 fully saturated rings. The Bertz CT molecular complexity index is 386. The maximum atomic E-state index is 10.9. The van der Waals surface area contributed by atoms with E-state index in [2.05, 4.69) is 19.2 Å². The van der Waals surface area contributed by atoms with E-state index in [1.54, 1.807) is 25.3 Å². The molecule has 17 heavy (non-hydrogen) atoms. The molecule has 0 spiro atoms. The van der Waals surface area contributed by atoms with E-state index < -0.39 is 5.97 Å². The molecule has 1 aromatic carbocycles. The number of ether oxygens (including phenoxy) is 1. The second kappa shape index (κ2) is 6.13. The third-order valence-electron chi connectivity index (χ3n) is 2.79. The monoisotopic (exact) mass is 237 g/mol. The minimum atomic E-state index is -0.930. The highest BCUT2D eigenvalue weighted by Gasteiger charge is 2.11. The number of carbonyl (C=O) groups is 1. The van der Waals surface area contributed by atoms with Crippen LogP contribution in [0.4, 0.5) is 5.69 Å².